The summed E-state index contributed by atoms with van der Waals surface area (Å²) in [5.41, 5.74) is 5.85. The first-order valence-corrected chi connectivity index (χ1v) is 6.14. The number of nitrogens with two attached hydrogens (primary N) is 1. The summed E-state index contributed by atoms with van der Waals surface area (Å²) in [5.74, 6) is 0.106. The Morgan fingerprint density at radius 2 is 2.00 bits per heavy atom. The fraction of sp³-hybridized carbons (Fsp3) is 0.917. The Morgan fingerprint density at radius 3 is 2.44 bits per heavy atom. The highest BCUT2D eigenvalue weighted by atomic mass is 16.2. The van der Waals surface area contributed by atoms with Crippen LogP contribution in [0, 0.1) is 5.41 Å². The van der Waals surface area contributed by atoms with Gasteiger partial charge in [0, 0.05) is 6.54 Å². The van der Waals surface area contributed by atoms with E-state index in [1.165, 1.54) is 0 Å². The van der Waals surface area contributed by atoms with Crippen LogP contribution < -0.4 is 11.1 Å². The van der Waals surface area contributed by atoms with Crippen molar-refractivity contribution in [2.45, 2.75) is 34.1 Å². The van der Waals surface area contributed by atoms with Gasteiger partial charge in [-0.15, -0.1) is 0 Å². The molecule has 0 spiro atoms. The van der Waals surface area contributed by atoms with Gasteiger partial charge in [0.1, 0.15) is 0 Å². The Morgan fingerprint density at radius 1 is 1.38 bits per heavy atom. The average Bonchev–Trinajstić information content (AvgIpc) is 2.24. The normalized spacial score (nSPS) is 11.9. The second-order valence-electron chi connectivity index (χ2n) is 4.94. The van der Waals surface area contributed by atoms with Gasteiger partial charge in [-0.05, 0) is 38.4 Å². The van der Waals surface area contributed by atoms with Crippen LogP contribution in [0.5, 0.6) is 0 Å². The lowest BCUT2D eigenvalue weighted by Crippen LogP contribution is -2.39. The highest BCUT2D eigenvalue weighted by Crippen LogP contribution is 2.18. The van der Waals surface area contributed by atoms with E-state index in [1.807, 2.05) is 6.92 Å². The van der Waals surface area contributed by atoms with E-state index in [-0.39, 0.29) is 11.3 Å². The van der Waals surface area contributed by atoms with Gasteiger partial charge in [-0.25, -0.2) is 0 Å². The molecule has 4 heteroatoms. The predicted octanol–water partition coefficient (Wildman–Crippen LogP) is 0.819. The van der Waals surface area contributed by atoms with Gasteiger partial charge in [-0.2, -0.15) is 0 Å². The number of rotatable bonds is 8. The first-order valence-electron chi connectivity index (χ1n) is 6.14. The van der Waals surface area contributed by atoms with Crippen molar-refractivity contribution < 1.29 is 4.79 Å². The molecule has 0 radical (unpaired) electrons. The van der Waals surface area contributed by atoms with Crippen LogP contribution in [0.3, 0.4) is 0 Å². The quantitative estimate of drug-likeness (QED) is 0.648. The Labute approximate surface area is 99.6 Å². The molecule has 96 valence electrons. The molecule has 0 aromatic carbocycles. The van der Waals surface area contributed by atoms with E-state index in [9.17, 15) is 4.79 Å². The number of hydrogen-bond donors (Lipinski definition) is 2. The minimum Gasteiger partial charge on any atom is -0.355 e. The van der Waals surface area contributed by atoms with Gasteiger partial charge in [-0.1, -0.05) is 20.8 Å². The van der Waals surface area contributed by atoms with E-state index in [1.54, 1.807) is 0 Å². The summed E-state index contributed by atoms with van der Waals surface area (Å²) >= 11 is 0. The Balaban J connectivity index is 3.96. The van der Waals surface area contributed by atoms with Gasteiger partial charge in [-0.3, -0.25) is 9.69 Å². The van der Waals surface area contributed by atoms with Crippen LogP contribution in [0.1, 0.15) is 34.1 Å². The average molecular weight is 229 g/mol. The fourth-order valence-electron chi connectivity index (χ4n) is 1.37. The Bertz CT molecular complexity index is 204. The topological polar surface area (TPSA) is 58.4 Å². The largest absolute Gasteiger partial charge is 0.355 e. The highest BCUT2D eigenvalue weighted by molar-refractivity contribution is 5.77. The summed E-state index contributed by atoms with van der Waals surface area (Å²) in [7, 11) is 0. The van der Waals surface area contributed by atoms with Gasteiger partial charge in [0.05, 0.1) is 6.54 Å². The number of carbonyl (C=O) groups excluding carboxylic acids is 1. The second-order valence-corrected chi connectivity index (χ2v) is 4.94. The van der Waals surface area contributed by atoms with Crippen molar-refractivity contribution in [3.05, 3.63) is 0 Å². The summed E-state index contributed by atoms with van der Waals surface area (Å²) in [6.07, 6.45) is 1.02. The summed E-state index contributed by atoms with van der Waals surface area (Å²) in [5, 5.41) is 2.82. The summed E-state index contributed by atoms with van der Waals surface area (Å²) < 4.78 is 0. The molecule has 0 unspecified atom stereocenters. The van der Waals surface area contributed by atoms with Crippen LogP contribution >= 0.6 is 0 Å². The van der Waals surface area contributed by atoms with Crippen molar-refractivity contribution in [3.63, 3.8) is 0 Å². The van der Waals surface area contributed by atoms with E-state index in [2.05, 4.69) is 31.0 Å². The van der Waals surface area contributed by atoms with Crippen molar-refractivity contribution in [1.29, 1.82) is 0 Å². The number of hydrogen-bond acceptors (Lipinski definition) is 3. The van der Waals surface area contributed by atoms with Gasteiger partial charge in [0.15, 0.2) is 0 Å². The monoisotopic (exact) mass is 229 g/mol. The number of nitrogens with one attached hydrogen (secondary N) is 1. The molecule has 0 bridgehead atoms. The van der Waals surface area contributed by atoms with Crippen molar-refractivity contribution in [2.24, 2.45) is 11.1 Å². The summed E-state index contributed by atoms with van der Waals surface area (Å²) in [4.78, 5) is 13.6. The maximum Gasteiger partial charge on any atom is 0.234 e. The molecule has 3 N–H and O–H groups in total. The van der Waals surface area contributed by atoms with Gasteiger partial charge in [0.2, 0.25) is 5.91 Å². The van der Waals surface area contributed by atoms with Crippen LogP contribution in [-0.2, 0) is 4.79 Å². The van der Waals surface area contributed by atoms with Crippen molar-refractivity contribution in [2.75, 3.05) is 32.7 Å². The van der Waals surface area contributed by atoms with E-state index in [0.29, 0.717) is 19.6 Å². The number of amides is 1. The molecule has 1 amide bonds. The maximum atomic E-state index is 11.4. The fourth-order valence-corrected chi connectivity index (χ4v) is 1.37. The zero-order valence-electron chi connectivity index (χ0n) is 11.2. The van der Waals surface area contributed by atoms with Crippen molar-refractivity contribution in [1.82, 2.24) is 10.2 Å². The lowest BCUT2D eigenvalue weighted by atomic mass is 9.89. The van der Waals surface area contributed by atoms with Crippen molar-refractivity contribution in [3.8, 4) is 0 Å². The second kappa shape index (κ2) is 7.63. The van der Waals surface area contributed by atoms with E-state index in [4.69, 9.17) is 5.73 Å². The Kier molecular flexibility index (Phi) is 7.34. The summed E-state index contributed by atoms with van der Waals surface area (Å²) in [6, 6.07) is 0. The lowest BCUT2D eigenvalue weighted by Gasteiger charge is -2.27. The van der Waals surface area contributed by atoms with Crippen LogP contribution in [0.4, 0.5) is 0 Å². The third kappa shape index (κ3) is 6.80. The highest BCUT2D eigenvalue weighted by Gasteiger charge is 2.17. The minimum absolute atomic E-state index is 0.106. The molecular weight excluding hydrogens is 202 g/mol. The molecule has 0 atom stereocenters. The molecular formula is C12H27N3O. The van der Waals surface area contributed by atoms with E-state index >= 15 is 0 Å². The molecule has 0 saturated heterocycles. The SMILES string of the molecule is CCNC(=O)CN(CC)CCC(C)(C)CN. The molecule has 0 heterocycles. The third-order valence-corrected chi connectivity index (χ3v) is 2.85. The van der Waals surface area contributed by atoms with Gasteiger partial charge < -0.3 is 11.1 Å². The molecule has 0 fully saturated rings. The minimum atomic E-state index is 0.106. The Hall–Kier alpha value is -0.610. The van der Waals surface area contributed by atoms with E-state index in [0.717, 1.165) is 19.5 Å². The third-order valence-electron chi connectivity index (χ3n) is 2.85. The molecule has 0 aliphatic heterocycles. The molecule has 0 aliphatic carbocycles. The number of nitrogens with zero attached hydrogens (tertiary/aromatic N) is 1. The summed E-state index contributed by atoms with van der Waals surface area (Å²) in [6.45, 7) is 12.0. The molecule has 4 nitrogen and oxygen atoms in total. The first-order chi connectivity index (χ1) is 7.45. The van der Waals surface area contributed by atoms with Gasteiger partial charge >= 0.3 is 0 Å². The van der Waals surface area contributed by atoms with Gasteiger partial charge in [0.25, 0.3) is 0 Å². The van der Waals surface area contributed by atoms with Crippen LogP contribution in [0.2, 0.25) is 0 Å². The number of carbonyl (C=O) groups is 1. The molecule has 0 rings (SSSR count). The molecule has 0 aromatic heterocycles. The molecule has 16 heavy (non-hydrogen) atoms. The van der Waals surface area contributed by atoms with Crippen LogP contribution in [-0.4, -0.2) is 43.5 Å². The predicted molar refractivity (Wildman–Crippen MR) is 68.3 cm³/mol. The zero-order chi connectivity index (χ0) is 12.6. The molecule has 0 aromatic rings. The first kappa shape index (κ1) is 15.4. The zero-order valence-corrected chi connectivity index (χ0v) is 11.2. The molecule has 0 saturated carbocycles. The van der Waals surface area contributed by atoms with Crippen LogP contribution in [0.25, 0.3) is 0 Å². The van der Waals surface area contributed by atoms with Crippen molar-refractivity contribution >= 4 is 5.91 Å². The van der Waals surface area contributed by atoms with E-state index < -0.39 is 0 Å². The molecule has 0 aliphatic rings. The lowest BCUT2D eigenvalue weighted by molar-refractivity contribution is -0.122. The maximum absolute atomic E-state index is 11.4. The smallest absolute Gasteiger partial charge is 0.234 e. The number of likely N-dealkylation sites (N-methyl/N-ethyl adjacent to an activating group) is 2. The van der Waals surface area contributed by atoms with Crippen LogP contribution in [0.15, 0.2) is 0 Å². The standard InChI is InChI=1S/C12H27N3O/c1-5-14-11(16)9-15(6-2)8-7-12(3,4)10-13/h5-10,13H2,1-4H3,(H,14,16).